The van der Waals surface area contributed by atoms with Gasteiger partial charge in [0, 0.05) is 19.1 Å². The Balaban J connectivity index is 2.15. The minimum atomic E-state index is -3.63. The molecule has 7 heteroatoms. The molecule has 0 bridgehead atoms. The molecule has 0 radical (unpaired) electrons. The van der Waals surface area contributed by atoms with Gasteiger partial charge in [-0.3, -0.25) is 0 Å². The quantitative estimate of drug-likeness (QED) is 0.826. The van der Waals surface area contributed by atoms with Crippen LogP contribution >= 0.6 is 11.6 Å². The summed E-state index contributed by atoms with van der Waals surface area (Å²) in [5, 5.41) is 3.53. The molecule has 0 saturated carbocycles. The third-order valence-electron chi connectivity index (χ3n) is 4.13. The van der Waals surface area contributed by atoms with E-state index in [0.29, 0.717) is 13.2 Å². The second-order valence-electron chi connectivity index (χ2n) is 5.94. The maximum atomic E-state index is 12.5. The van der Waals surface area contributed by atoms with E-state index in [4.69, 9.17) is 16.3 Å². The van der Waals surface area contributed by atoms with E-state index in [-0.39, 0.29) is 15.3 Å². The number of ether oxygens (including phenoxy) is 1. The van der Waals surface area contributed by atoms with Crippen molar-refractivity contribution < 1.29 is 13.2 Å². The fraction of sp³-hybridized carbons (Fsp3) is 0.600. The van der Waals surface area contributed by atoms with E-state index < -0.39 is 10.0 Å². The molecule has 0 aromatic heterocycles. The Kier molecular flexibility index (Phi) is 5.85. The molecule has 0 atom stereocenters. The Morgan fingerprint density at radius 3 is 2.68 bits per heavy atom. The molecular formula is C15H23ClN2O3S. The average Bonchev–Trinajstić information content (AvgIpc) is 2.49. The number of piperidine rings is 1. The van der Waals surface area contributed by atoms with Gasteiger partial charge in [-0.25, -0.2) is 13.1 Å². The predicted octanol–water partition coefficient (Wildman–Crippen LogP) is 1.94. The highest BCUT2D eigenvalue weighted by Gasteiger charge is 2.34. The fourth-order valence-corrected chi connectivity index (χ4v) is 4.52. The molecule has 0 unspecified atom stereocenters. The van der Waals surface area contributed by atoms with Crippen LogP contribution in [-0.2, 0) is 14.8 Å². The highest BCUT2D eigenvalue weighted by atomic mass is 35.5. The van der Waals surface area contributed by atoms with Gasteiger partial charge in [-0.05, 0) is 50.6 Å². The smallest absolute Gasteiger partial charge is 0.242 e. The van der Waals surface area contributed by atoms with Gasteiger partial charge < -0.3 is 10.1 Å². The molecule has 2 N–H and O–H groups in total. The van der Waals surface area contributed by atoms with Gasteiger partial charge in [-0.2, -0.15) is 0 Å². The van der Waals surface area contributed by atoms with Crippen LogP contribution in [-0.4, -0.2) is 41.8 Å². The Morgan fingerprint density at radius 1 is 1.36 bits per heavy atom. The van der Waals surface area contributed by atoms with Crippen molar-refractivity contribution in [1.29, 1.82) is 0 Å². The molecular weight excluding hydrogens is 324 g/mol. The molecule has 124 valence electrons. The molecule has 0 amide bonds. The van der Waals surface area contributed by atoms with Crippen LogP contribution in [0, 0.1) is 12.3 Å². The zero-order chi connectivity index (χ0) is 16.2. The number of methoxy groups -OCH3 is 1. The van der Waals surface area contributed by atoms with E-state index in [2.05, 4.69) is 10.0 Å². The highest BCUT2D eigenvalue weighted by molar-refractivity contribution is 7.89. The maximum absolute atomic E-state index is 12.5. The monoisotopic (exact) mass is 346 g/mol. The van der Waals surface area contributed by atoms with E-state index in [1.165, 1.54) is 0 Å². The lowest BCUT2D eigenvalue weighted by molar-refractivity contribution is 0.0577. The number of sulfonamides is 1. The van der Waals surface area contributed by atoms with Gasteiger partial charge in [-0.1, -0.05) is 17.7 Å². The minimum Gasteiger partial charge on any atom is -0.384 e. The summed E-state index contributed by atoms with van der Waals surface area (Å²) in [6, 6.07) is 5.00. The second-order valence-corrected chi connectivity index (χ2v) is 8.08. The van der Waals surface area contributed by atoms with Crippen molar-refractivity contribution in [2.24, 2.45) is 5.41 Å². The Morgan fingerprint density at radius 2 is 2.05 bits per heavy atom. The zero-order valence-electron chi connectivity index (χ0n) is 13.0. The van der Waals surface area contributed by atoms with E-state index in [0.717, 1.165) is 31.5 Å². The van der Waals surface area contributed by atoms with Crippen molar-refractivity contribution in [2.75, 3.05) is 33.4 Å². The van der Waals surface area contributed by atoms with Crippen molar-refractivity contribution >= 4 is 21.6 Å². The van der Waals surface area contributed by atoms with Crippen molar-refractivity contribution in [3.05, 3.63) is 28.8 Å². The van der Waals surface area contributed by atoms with Crippen LogP contribution < -0.4 is 10.0 Å². The molecule has 1 saturated heterocycles. The zero-order valence-corrected chi connectivity index (χ0v) is 14.6. The summed E-state index contributed by atoms with van der Waals surface area (Å²) in [6.07, 6.45) is 1.76. The van der Waals surface area contributed by atoms with E-state index in [9.17, 15) is 8.42 Å². The van der Waals surface area contributed by atoms with Crippen LogP contribution in [0.2, 0.25) is 5.02 Å². The van der Waals surface area contributed by atoms with Gasteiger partial charge >= 0.3 is 0 Å². The SMILES string of the molecule is COCC1(CNS(=O)(=O)c2cc(C)ccc2Cl)CCNCC1. The maximum Gasteiger partial charge on any atom is 0.242 e. The minimum absolute atomic E-state index is 0.135. The van der Waals surface area contributed by atoms with Crippen molar-refractivity contribution in [2.45, 2.75) is 24.7 Å². The van der Waals surface area contributed by atoms with E-state index in [1.807, 2.05) is 6.92 Å². The molecule has 1 fully saturated rings. The Hall–Kier alpha value is -0.660. The molecule has 1 aliphatic rings. The average molecular weight is 347 g/mol. The molecule has 1 aromatic carbocycles. The highest BCUT2D eigenvalue weighted by Crippen LogP contribution is 2.29. The number of benzene rings is 1. The first-order valence-electron chi connectivity index (χ1n) is 7.34. The van der Waals surface area contributed by atoms with Crippen molar-refractivity contribution in [3.63, 3.8) is 0 Å². The molecule has 1 heterocycles. The van der Waals surface area contributed by atoms with Gasteiger partial charge in [0.15, 0.2) is 0 Å². The van der Waals surface area contributed by atoms with E-state index >= 15 is 0 Å². The Bertz CT molecular complexity index is 608. The van der Waals surface area contributed by atoms with Crippen LogP contribution in [0.4, 0.5) is 0 Å². The van der Waals surface area contributed by atoms with Crippen LogP contribution in [0.3, 0.4) is 0 Å². The second kappa shape index (κ2) is 7.27. The molecule has 22 heavy (non-hydrogen) atoms. The van der Waals surface area contributed by atoms with Gasteiger partial charge in [0.05, 0.1) is 11.6 Å². The summed E-state index contributed by atoms with van der Waals surface area (Å²) >= 11 is 6.04. The summed E-state index contributed by atoms with van der Waals surface area (Å²) < 4.78 is 33.1. The summed E-state index contributed by atoms with van der Waals surface area (Å²) in [5.74, 6) is 0. The van der Waals surface area contributed by atoms with Gasteiger partial charge in [0.1, 0.15) is 4.90 Å². The van der Waals surface area contributed by atoms with Crippen LogP contribution in [0.15, 0.2) is 23.1 Å². The molecule has 1 aliphatic heterocycles. The van der Waals surface area contributed by atoms with Crippen molar-refractivity contribution in [1.82, 2.24) is 10.0 Å². The largest absolute Gasteiger partial charge is 0.384 e. The standard InChI is InChI=1S/C15H23ClN2O3S/c1-12-3-4-13(16)14(9-12)22(19,20)18-10-15(11-21-2)5-7-17-8-6-15/h3-4,9,17-18H,5-8,10-11H2,1-2H3. The summed E-state index contributed by atoms with van der Waals surface area (Å²) in [4.78, 5) is 0.135. The summed E-state index contributed by atoms with van der Waals surface area (Å²) in [5.41, 5.74) is 0.696. The van der Waals surface area contributed by atoms with E-state index in [1.54, 1.807) is 25.3 Å². The Labute approximate surface area is 137 Å². The molecule has 2 rings (SSSR count). The first-order chi connectivity index (χ1) is 10.4. The fourth-order valence-electron chi connectivity index (χ4n) is 2.78. The number of rotatable bonds is 6. The predicted molar refractivity (Wildman–Crippen MR) is 87.8 cm³/mol. The van der Waals surface area contributed by atoms with Crippen LogP contribution in [0.25, 0.3) is 0 Å². The van der Waals surface area contributed by atoms with Gasteiger partial charge in [-0.15, -0.1) is 0 Å². The van der Waals surface area contributed by atoms with Crippen LogP contribution in [0.5, 0.6) is 0 Å². The lowest BCUT2D eigenvalue weighted by atomic mass is 9.80. The summed E-state index contributed by atoms with van der Waals surface area (Å²) in [6.45, 7) is 4.48. The van der Waals surface area contributed by atoms with Crippen molar-refractivity contribution in [3.8, 4) is 0 Å². The first kappa shape index (κ1) is 17.7. The first-order valence-corrected chi connectivity index (χ1v) is 9.20. The van der Waals surface area contributed by atoms with Gasteiger partial charge in [0.2, 0.25) is 10.0 Å². The summed E-state index contributed by atoms with van der Waals surface area (Å²) in [7, 11) is -1.98. The number of nitrogens with one attached hydrogen (secondary N) is 2. The molecule has 5 nitrogen and oxygen atoms in total. The third kappa shape index (κ3) is 4.20. The lowest BCUT2D eigenvalue weighted by Crippen LogP contribution is -2.47. The number of hydrogen-bond donors (Lipinski definition) is 2. The lowest BCUT2D eigenvalue weighted by Gasteiger charge is -2.37. The topological polar surface area (TPSA) is 67.4 Å². The number of halogens is 1. The molecule has 0 aliphatic carbocycles. The number of hydrogen-bond acceptors (Lipinski definition) is 4. The normalized spacial score (nSPS) is 18.3. The van der Waals surface area contributed by atoms with Gasteiger partial charge in [0.25, 0.3) is 0 Å². The van der Waals surface area contributed by atoms with Crippen LogP contribution in [0.1, 0.15) is 18.4 Å². The third-order valence-corrected chi connectivity index (χ3v) is 6.01. The molecule has 1 aromatic rings. The molecule has 0 spiro atoms. The number of aryl methyl sites for hydroxylation is 1.